The van der Waals surface area contributed by atoms with Gasteiger partial charge in [-0.3, -0.25) is 9.59 Å². The van der Waals surface area contributed by atoms with Gasteiger partial charge in [0.1, 0.15) is 11.8 Å². The number of hydrogen-bond acceptors (Lipinski definition) is 4. The van der Waals surface area contributed by atoms with Crippen LogP contribution in [0, 0.1) is 0 Å². The summed E-state index contributed by atoms with van der Waals surface area (Å²) in [7, 11) is 3.08. The number of nitrogens with one attached hydrogen (secondary N) is 1. The van der Waals surface area contributed by atoms with Gasteiger partial charge >= 0.3 is 0 Å². The molecule has 6 heteroatoms. The van der Waals surface area contributed by atoms with Gasteiger partial charge in [-0.2, -0.15) is 0 Å². The summed E-state index contributed by atoms with van der Waals surface area (Å²) >= 11 is 0. The average molecular weight is 277 g/mol. The summed E-state index contributed by atoms with van der Waals surface area (Å²) in [6, 6.07) is 4.50. The predicted molar refractivity (Wildman–Crippen MR) is 75.5 cm³/mol. The first-order valence-corrected chi connectivity index (χ1v) is 6.54. The van der Waals surface area contributed by atoms with Crippen molar-refractivity contribution in [2.24, 2.45) is 0 Å². The minimum Gasteiger partial charge on any atom is -0.495 e. The van der Waals surface area contributed by atoms with Crippen molar-refractivity contribution >= 4 is 17.5 Å². The lowest BCUT2D eigenvalue weighted by atomic mass is 10.1. The highest BCUT2D eigenvalue weighted by Gasteiger charge is 2.34. The van der Waals surface area contributed by atoms with E-state index in [0.29, 0.717) is 30.0 Å². The van der Waals surface area contributed by atoms with Gasteiger partial charge in [-0.1, -0.05) is 0 Å². The Kier molecular flexibility index (Phi) is 4.12. The third-order valence-corrected chi connectivity index (χ3v) is 3.54. The average Bonchev–Trinajstić information content (AvgIpc) is 2.95. The van der Waals surface area contributed by atoms with Gasteiger partial charge in [0.2, 0.25) is 5.91 Å². The second-order valence-corrected chi connectivity index (χ2v) is 4.73. The summed E-state index contributed by atoms with van der Waals surface area (Å²) in [6.07, 6.45) is 1.52. The minimum absolute atomic E-state index is 0.127. The Morgan fingerprint density at radius 1 is 1.45 bits per heavy atom. The van der Waals surface area contributed by atoms with E-state index >= 15 is 0 Å². The molecule has 1 atom stereocenters. The van der Waals surface area contributed by atoms with Crippen molar-refractivity contribution in [1.29, 1.82) is 0 Å². The van der Waals surface area contributed by atoms with Crippen LogP contribution in [0.25, 0.3) is 0 Å². The van der Waals surface area contributed by atoms with E-state index in [4.69, 9.17) is 10.5 Å². The van der Waals surface area contributed by atoms with Gasteiger partial charge < -0.3 is 20.7 Å². The predicted octanol–water partition coefficient (Wildman–Crippen LogP) is 0.628. The summed E-state index contributed by atoms with van der Waals surface area (Å²) in [5, 5.41) is 2.60. The normalized spacial score (nSPS) is 17.9. The van der Waals surface area contributed by atoms with Crippen LogP contribution >= 0.6 is 0 Å². The Balaban J connectivity index is 2.24. The van der Waals surface area contributed by atoms with Crippen LogP contribution in [0.2, 0.25) is 0 Å². The molecule has 1 aromatic carbocycles. The van der Waals surface area contributed by atoms with E-state index in [0.717, 1.165) is 6.42 Å². The Labute approximate surface area is 117 Å². The number of rotatable bonds is 3. The zero-order valence-electron chi connectivity index (χ0n) is 11.7. The largest absolute Gasteiger partial charge is 0.495 e. The number of amides is 2. The fourth-order valence-corrected chi connectivity index (χ4v) is 2.46. The molecule has 0 radical (unpaired) electrons. The molecule has 0 spiro atoms. The molecule has 0 saturated carbocycles. The molecular formula is C14H19N3O3. The lowest BCUT2D eigenvalue weighted by molar-refractivity contribution is -0.124. The summed E-state index contributed by atoms with van der Waals surface area (Å²) < 4.78 is 5.12. The third-order valence-electron chi connectivity index (χ3n) is 3.54. The lowest BCUT2D eigenvalue weighted by Crippen LogP contribution is -2.44. The molecule has 6 nitrogen and oxygen atoms in total. The summed E-state index contributed by atoms with van der Waals surface area (Å²) in [5.74, 6) is 0.166. The molecule has 1 fully saturated rings. The van der Waals surface area contributed by atoms with E-state index in [2.05, 4.69) is 5.32 Å². The van der Waals surface area contributed by atoms with Crippen LogP contribution in [0.1, 0.15) is 23.2 Å². The molecule has 0 aliphatic carbocycles. The second kappa shape index (κ2) is 5.81. The van der Waals surface area contributed by atoms with Gasteiger partial charge in [0.15, 0.2) is 0 Å². The van der Waals surface area contributed by atoms with Crippen molar-refractivity contribution in [3.8, 4) is 5.75 Å². The molecule has 1 aromatic rings. The maximum atomic E-state index is 12.5. The number of carbonyl (C=O) groups is 2. The highest BCUT2D eigenvalue weighted by Crippen LogP contribution is 2.25. The summed E-state index contributed by atoms with van der Waals surface area (Å²) in [5.41, 5.74) is 6.70. The van der Waals surface area contributed by atoms with E-state index in [1.807, 2.05) is 0 Å². The first-order valence-electron chi connectivity index (χ1n) is 6.54. The van der Waals surface area contributed by atoms with Gasteiger partial charge in [0, 0.05) is 19.2 Å². The van der Waals surface area contributed by atoms with Crippen LogP contribution in [0.5, 0.6) is 5.75 Å². The van der Waals surface area contributed by atoms with E-state index in [9.17, 15) is 9.59 Å². The topological polar surface area (TPSA) is 84.7 Å². The summed E-state index contributed by atoms with van der Waals surface area (Å²) in [6.45, 7) is 0.587. The zero-order valence-corrected chi connectivity index (χ0v) is 11.7. The van der Waals surface area contributed by atoms with Crippen molar-refractivity contribution in [2.45, 2.75) is 18.9 Å². The van der Waals surface area contributed by atoms with Crippen molar-refractivity contribution < 1.29 is 14.3 Å². The number of nitrogen functional groups attached to an aromatic ring is 1. The van der Waals surface area contributed by atoms with E-state index in [-0.39, 0.29) is 11.8 Å². The van der Waals surface area contributed by atoms with E-state index < -0.39 is 6.04 Å². The molecule has 20 heavy (non-hydrogen) atoms. The molecule has 1 saturated heterocycles. The first kappa shape index (κ1) is 14.2. The number of hydrogen-bond donors (Lipinski definition) is 2. The van der Waals surface area contributed by atoms with Crippen LogP contribution < -0.4 is 15.8 Å². The Morgan fingerprint density at radius 2 is 2.20 bits per heavy atom. The fraction of sp³-hybridized carbons (Fsp3) is 0.429. The number of nitrogens with two attached hydrogens (primary N) is 1. The second-order valence-electron chi connectivity index (χ2n) is 4.73. The smallest absolute Gasteiger partial charge is 0.254 e. The molecule has 0 bridgehead atoms. The maximum absolute atomic E-state index is 12.5. The zero-order chi connectivity index (χ0) is 14.7. The molecule has 2 amide bonds. The standard InChI is InChI=1S/C14H19N3O3/c1-16-13(18)11-4-3-7-17(11)14(19)9-5-6-10(15)12(8-9)20-2/h5-6,8,11H,3-4,7,15H2,1-2H3,(H,16,18). The van der Waals surface area contributed by atoms with Crippen LogP contribution in [-0.4, -0.2) is 43.5 Å². The molecule has 3 N–H and O–H groups in total. The number of anilines is 1. The van der Waals surface area contributed by atoms with Crippen molar-refractivity contribution in [3.05, 3.63) is 23.8 Å². The van der Waals surface area contributed by atoms with E-state index in [1.54, 1.807) is 30.1 Å². The molecule has 1 heterocycles. The number of ether oxygens (including phenoxy) is 1. The van der Waals surface area contributed by atoms with Gasteiger partial charge in [0.25, 0.3) is 5.91 Å². The number of likely N-dealkylation sites (tertiary alicyclic amines) is 1. The molecular weight excluding hydrogens is 258 g/mol. The number of likely N-dealkylation sites (N-methyl/N-ethyl adjacent to an activating group) is 1. The van der Waals surface area contributed by atoms with Crippen molar-refractivity contribution in [3.63, 3.8) is 0 Å². The van der Waals surface area contributed by atoms with Gasteiger partial charge in [-0.05, 0) is 31.0 Å². The van der Waals surface area contributed by atoms with Gasteiger partial charge in [-0.25, -0.2) is 0 Å². The Bertz CT molecular complexity index is 530. The monoisotopic (exact) mass is 277 g/mol. The fourth-order valence-electron chi connectivity index (χ4n) is 2.46. The molecule has 1 unspecified atom stereocenters. The molecule has 1 aliphatic heterocycles. The van der Waals surface area contributed by atoms with Crippen LogP contribution in [0.3, 0.4) is 0 Å². The molecule has 0 aromatic heterocycles. The maximum Gasteiger partial charge on any atom is 0.254 e. The number of benzene rings is 1. The minimum atomic E-state index is -0.393. The Morgan fingerprint density at radius 3 is 2.85 bits per heavy atom. The first-order chi connectivity index (χ1) is 9.58. The lowest BCUT2D eigenvalue weighted by Gasteiger charge is -2.23. The van der Waals surface area contributed by atoms with Gasteiger partial charge in [0.05, 0.1) is 12.8 Å². The van der Waals surface area contributed by atoms with Crippen LogP contribution in [0.4, 0.5) is 5.69 Å². The van der Waals surface area contributed by atoms with Crippen molar-refractivity contribution in [1.82, 2.24) is 10.2 Å². The highest BCUT2D eigenvalue weighted by atomic mass is 16.5. The molecule has 108 valence electrons. The highest BCUT2D eigenvalue weighted by molar-refractivity contribution is 5.98. The van der Waals surface area contributed by atoms with E-state index in [1.165, 1.54) is 7.11 Å². The Hall–Kier alpha value is -2.24. The van der Waals surface area contributed by atoms with Crippen molar-refractivity contribution in [2.75, 3.05) is 26.4 Å². The quantitative estimate of drug-likeness (QED) is 0.794. The van der Waals surface area contributed by atoms with Crippen LogP contribution in [0.15, 0.2) is 18.2 Å². The third kappa shape index (κ3) is 2.54. The number of carbonyl (C=O) groups excluding carboxylic acids is 2. The number of methoxy groups -OCH3 is 1. The number of nitrogens with zero attached hydrogens (tertiary/aromatic N) is 1. The SMILES string of the molecule is CNC(=O)C1CCCN1C(=O)c1ccc(N)c(OC)c1. The van der Waals surface area contributed by atoms with Crippen LogP contribution in [-0.2, 0) is 4.79 Å². The summed E-state index contributed by atoms with van der Waals surface area (Å²) in [4.78, 5) is 25.9. The van der Waals surface area contributed by atoms with Gasteiger partial charge in [-0.15, -0.1) is 0 Å². The molecule has 1 aliphatic rings. The molecule has 2 rings (SSSR count).